The molecule has 0 radical (unpaired) electrons. The van der Waals surface area contributed by atoms with Crippen LogP contribution in [0, 0.1) is 0 Å². The average molecular weight is 493 g/mol. The first-order valence-electron chi connectivity index (χ1n) is 10.7. The maximum Gasteiger partial charge on any atom is 0.263 e. The van der Waals surface area contributed by atoms with E-state index in [0.29, 0.717) is 34.2 Å². The molecule has 0 spiro atoms. The first-order chi connectivity index (χ1) is 16.9. The van der Waals surface area contributed by atoms with E-state index in [0.717, 1.165) is 4.90 Å². The predicted octanol–water partition coefficient (Wildman–Crippen LogP) is 4.39. The molecule has 0 aromatic heterocycles. The number of carbonyl (C=O) groups is 3. The predicted molar refractivity (Wildman–Crippen MR) is 134 cm³/mol. The third-order valence-corrected chi connectivity index (χ3v) is 6.68. The minimum absolute atomic E-state index is 0.113. The quantitative estimate of drug-likeness (QED) is 0.466. The van der Waals surface area contributed by atoms with E-state index in [9.17, 15) is 14.4 Å². The number of hydrogen-bond acceptors (Lipinski definition) is 7. The van der Waals surface area contributed by atoms with Gasteiger partial charge >= 0.3 is 0 Å². The third kappa shape index (κ3) is 5.09. The summed E-state index contributed by atoms with van der Waals surface area (Å²) in [6.45, 7) is 0. The van der Waals surface area contributed by atoms with Crippen LogP contribution in [0.25, 0.3) is 0 Å². The number of anilines is 2. The Kier molecular flexibility index (Phi) is 7.26. The Morgan fingerprint density at radius 3 is 2.09 bits per heavy atom. The van der Waals surface area contributed by atoms with Crippen LogP contribution < -0.4 is 24.4 Å². The van der Waals surface area contributed by atoms with Crippen molar-refractivity contribution in [1.29, 1.82) is 0 Å². The van der Waals surface area contributed by atoms with Crippen molar-refractivity contribution in [3.05, 3.63) is 72.3 Å². The Morgan fingerprint density at radius 2 is 1.51 bits per heavy atom. The highest BCUT2D eigenvalue weighted by Crippen LogP contribution is 2.35. The summed E-state index contributed by atoms with van der Waals surface area (Å²) in [4.78, 5) is 40.4. The zero-order chi connectivity index (χ0) is 24.9. The molecule has 3 amide bonds. The smallest absolute Gasteiger partial charge is 0.263 e. The number of thioether (sulfide) groups is 1. The minimum Gasteiger partial charge on any atom is -0.497 e. The van der Waals surface area contributed by atoms with Crippen LogP contribution in [0.15, 0.2) is 71.6 Å². The molecular formula is C26H24N2O6S. The second-order valence-corrected chi connectivity index (χ2v) is 8.87. The second-order valence-electron chi connectivity index (χ2n) is 7.59. The lowest BCUT2D eigenvalue weighted by Crippen LogP contribution is -2.31. The topological polar surface area (TPSA) is 94.2 Å². The van der Waals surface area contributed by atoms with E-state index in [4.69, 9.17) is 14.2 Å². The minimum atomic E-state index is -0.525. The van der Waals surface area contributed by atoms with Gasteiger partial charge in [-0.25, -0.2) is 4.90 Å². The van der Waals surface area contributed by atoms with E-state index < -0.39 is 5.25 Å². The highest BCUT2D eigenvalue weighted by Gasteiger charge is 2.40. The Labute approximate surface area is 207 Å². The van der Waals surface area contributed by atoms with Crippen molar-refractivity contribution in [3.8, 4) is 17.2 Å². The van der Waals surface area contributed by atoms with Gasteiger partial charge in [0.15, 0.2) is 0 Å². The van der Waals surface area contributed by atoms with Crippen molar-refractivity contribution in [2.75, 3.05) is 31.5 Å². The molecule has 1 aliphatic rings. The lowest BCUT2D eigenvalue weighted by atomic mass is 10.1. The van der Waals surface area contributed by atoms with Crippen LogP contribution in [0.5, 0.6) is 17.2 Å². The van der Waals surface area contributed by atoms with E-state index in [1.54, 1.807) is 73.8 Å². The van der Waals surface area contributed by atoms with Gasteiger partial charge in [-0.15, -0.1) is 11.8 Å². The van der Waals surface area contributed by atoms with Gasteiger partial charge in [0, 0.05) is 17.0 Å². The van der Waals surface area contributed by atoms with Crippen LogP contribution in [-0.4, -0.2) is 44.3 Å². The van der Waals surface area contributed by atoms with E-state index in [1.807, 2.05) is 0 Å². The van der Waals surface area contributed by atoms with Gasteiger partial charge in [-0.3, -0.25) is 14.4 Å². The number of nitrogens with zero attached hydrogens (tertiary/aromatic N) is 1. The van der Waals surface area contributed by atoms with Crippen LogP contribution >= 0.6 is 11.8 Å². The number of hydrogen-bond donors (Lipinski definition) is 1. The number of nitrogens with one attached hydrogen (secondary N) is 1. The summed E-state index contributed by atoms with van der Waals surface area (Å²) in [6.07, 6.45) is 0.113. The Hall–Kier alpha value is -3.98. The van der Waals surface area contributed by atoms with E-state index in [-0.39, 0.29) is 24.1 Å². The molecule has 180 valence electrons. The molecule has 1 fully saturated rings. The van der Waals surface area contributed by atoms with Gasteiger partial charge in [-0.2, -0.15) is 0 Å². The summed E-state index contributed by atoms with van der Waals surface area (Å²) in [5.41, 5.74) is 1.39. The summed E-state index contributed by atoms with van der Waals surface area (Å²) in [6, 6.07) is 19.0. The number of rotatable bonds is 8. The lowest BCUT2D eigenvalue weighted by molar-refractivity contribution is -0.121. The fourth-order valence-corrected chi connectivity index (χ4v) is 4.80. The molecular weight excluding hydrogens is 468 g/mol. The van der Waals surface area contributed by atoms with Gasteiger partial charge < -0.3 is 19.5 Å². The summed E-state index contributed by atoms with van der Waals surface area (Å²) in [7, 11) is 4.53. The number of ether oxygens (including phenoxy) is 3. The fraction of sp³-hybridized carbons (Fsp3) is 0.192. The molecule has 4 rings (SSSR count). The highest BCUT2D eigenvalue weighted by atomic mass is 32.2. The summed E-state index contributed by atoms with van der Waals surface area (Å²) in [5.74, 6) is 0.583. The molecule has 1 heterocycles. The Morgan fingerprint density at radius 1 is 0.886 bits per heavy atom. The van der Waals surface area contributed by atoms with E-state index in [1.165, 1.54) is 30.9 Å². The van der Waals surface area contributed by atoms with Crippen LogP contribution in [0.4, 0.5) is 11.4 Å². The molecule has 1 atom stereocenters. The van der Waals surface area contributed by atoms with Gasteiger partial charge in [0.05, 0.1) is 32.3 Å². The molecule has 0 bridgehead atoms. The normalized spacial score (nSPS) is 15.2. The van der Waals surface area contributed by atoms with Crippen molar-refractivity contribution in [2.24, 2.45) is 0 Å². The van der Waals surface area contributed by atoms with Gasteiger partial charge in [0.25, 0.3) is 5.91 Å². The van der Waals surface area contributed by atoms with Crippen LogP contribution in [0.3, 0.4) is 0 Å². The number of imide groups is 1. The molecule has 1 unspecified atom stereocenters. The first kappa shape index (κ1) is 24.2. The molecule has 3 aromatic carbocycles. The zero-order valence-corrected chi connectivity index (χ0v) is 20.3. The fourth-order valence-electron chi connectivity index (χ4n) is 3.75. The van der Waals surface area contributed by atoms with Gasteiger partial charge in [0.2, 0.25) is 11.8 Å². The lowest BCUT2D eigenvalue weighted by Gasteiger charge is -2.15. The molecule has 35 heavy (non-hydrogen) atoms. The summed E-state index contributed by atoms with van der Waals surface area (Å²) < 4.78 is 15.7. The van der Waals surface area contributed by atoms with Crippen LogP contribution in [-0.2, 0) is 9.59 Å². The van der Waals surface area contributed by atoms with E-state index in [2.05, 4.69) is 5.32 Å². The maximum absolute atomic E-state index is 12.9. The van der Waals surface area contributed by atoms with E-state index >= 15 is 0 Å². The molecule has 0 aliphatic carbocycles. The van der Waals surface area contributed by atoms with Gasteiger partial charge in [0.1, 0.15) is 22.8 Å². The molecule has 1 N–H and O–H groups in total. The second kappa shape index (κ2) is 10.5. The highest BCUT2D eigenvalue weighted by molar-refractivity contribution is 8.00. The van der Waals surface area contributed by atoms with Crippen molar-refractivity contribution in [3.63, 3.8) is 0 Å². The standard InChI is InChI=1S/C26H24N2O6S/c1-32-18-11-9-17(10-12-18)28-23(29)15-22(26(28)31)35-19-13-7-16(8-14-19)27-25(30)24-20(33-2)5-4-6-21(24)34-3/h4-14,22H,15H2,1-3H3,(H,27,30). The van der Waals surface area contributed by atoms with Crippen LogP contribution in [0.1, 0.15) is 16.8 Å². The van der Waals surface area contributed by atoms with Crippen molar-refractivity contribution < 1.29 is 28.6 Å². The average Bonchev–Trinajstić information content (AvgIpc) is 3.16. The Bertz CT molecular complexity index is 1220. The largest absolute Gasteiger partial charge is 0.497 e. The molecule has 1 aliphatic heterocycles. The molecule has 9 heteroatoms. The molecule has 0 saturated carbocycles. The number of methoxy groups -OCH3 is 3. The molecule has 8 nitrogen and oxygen atoms in total. The number of amides is 3. The maximum atomic E-state index is 12.9. The van der Waals surface area contributed by atoms with Gasteiger partial charge in [-0.05, 0) is 60.7 Å². The summed E-state index contributed by atoms with van der Waals surface area (Å²) >= 11 is 1.32. The number of carbonyl (C=O) groups excluding carboxylic acids is 3. The first-order valence-corrected chi connectivity index (χ1v) is 11.6. The van der Waals surface area contributed by atoms with Crippen molar-refractivity contribution in [1.82, 2.24) is 0 Å². The monoisotopic (exact) mass is 492 g/mol. The van der Waals surface area contributed by atoms with Crippen LogP contribution in [0.2, 0.25) is 0 Å². The zero-order valence-electron chi connectivity index (χ0n) is 19.4. The van der Waals surface area contributed by atoms with Crippen molar-refractivity contribution in [2.45, 2.75) is 16.6 Å². The molecule has 3 aromatic rings. The SMILES string of the molecule is COc1ccc(N2C(=O)CC(Sc3ccc(NC(=O)c4c(OC)cccc4OC)cc3)C2=O)cc1. The third-order valence-electron chi connectivity index (χ3n) is 5.48. The summed E-state index contributed by atoms with van der Waals surface area (Å²) in [5, 5.41) is 2.31. The van der Waals surface area contributed by atoms with Crippen molar-refractivity contribution >= 4 is 40.9 Å². The Balaban J connectivity index is 1.43. The number of benzene rings is 3. The molecule has 1 saturated heterocycles. The van der Waals surface area contributed by atoms with Gasteiger partial charge in [-0.1, -0.05) is 6.07 Å².